The zero-order valence-electron chi connectivity index (χ0n) is 9.26. The monoisotopic (exact) mass is 258 g/mol. The number of furan rings is 1. The van der Waals surface area contributed by atoms with E-state index in [0.29, 0.717) is 0 Å². The van der Waals surface area contributed by atoms with Crippen molar-refractivity contribution in [1.82, 2.24) is 5.32 Å². The molecule has 18 heavy (non-hydrogen) atoms. The molecule has 96 valence electrons. The molecule has 7 heteroatoms. The Labute approximate surface area is 99.8 Å². The largest absolute Gasteiger partial charge is 0.451 e. The van der Waals surface area contributed by atoms with Crippen molar-refractivity contribution in [1.29, 1.82) is 0 Å². The molecule has 0 atom stereocenters. The molecule has 0 fully saturated rings. The van der Waals surface area contributed by atoms with Gasteiger partial charge in [0.05, 0.1) is 5.69 Å². The van der Waals surface area contributed by atoms with Gasteiger partial charge in [0, 0.05) is 12.4 Å². The molecule has 1 aromatic heterocycles. The van der Waals surface area contributed by atoms with Crippen LogP contribution in [0.3, 0.4) is 0 Å². The number of hydrogen-bond donors (Lipinski definition) is 2. The first-order valence-corrected chi connectivity index (χ1v) is 5.00. The topological polar surface area (TPSA) is 54.3 Å². The number of anilines is 1. The first-order valence-electron chi connectivity index (χ1n) is 5.00. The van der Waals surface area contributed by atoms with Crippen molar-refractivity contribution in [3.8, 4) is 0 Å². The van der Waals surface area contributed by atoms with E-state index in [9.17, 15) is 18.0 Å². The van der Waals surface area contributed by atoms with E-state index in [-0.39, 0.29) is 16.7 Å². The van der Waals surface area contributed by atoms with Crippen LogP contribution in [0.15, 0.2) is 28.7 Å². The van der Waals surface area contributed by atoms with Gasteiger partial charge in [0.15, 0.2) is 0 Å². The summed E-state index contributed by atoms with van der Waals surface area (Å²) < 4.78 is 42.2. The van der Waals surface area contributed by atoms with Crippen molar-refractivity contribution < 1.29 is 22.4 Å². The molecule has 0 aliphatic heterocycles. The predicted octanol–water partition coefficient (Wildman–Crippen LogP) is 3.20. The summed E-state index contributed by atoms with van der Waals surface area (Å²) >= 11 is 0. The summed E-state index contributed by atoms with van der Waals surface area (Å²) in [4.78, 5) is 11.2. The van der Waals surface area contributed by atoms with E-state index in [4.69, 9.17) is 4.42 Å². The molecular formula is C11H9F3N2O2. The van der Waals surface area contributed by atoms with Crippen molar-refractivity contribution >= 4 is 22.7 Å². The van der Waals surface area contributed by atoms with E-state index >= 15 is 0 Å². The quantitative estimate of drug-likeness (QED) is 0.825. The van der Waals surface area contributed by atoms with Crippen LogP contribution < -0.4 is 10.6 Å². The Morgan fingerprint density at radius 3 is 2.67 bits per heavy atom. The van der Waals surface area contributed by atoms with Gasteiger partial charge in [-0.3, -0.25) is 0 Å². The number of amides is 2. The van der Waals surface area contributed by atoms with Crippen molar-refractivity contribution in [3.05, 3.63) is 30.0 Å². The Hall–Kier alpha value is -2.18. The molecule has 1 heterocycles. The van der Waals surface area contributed by atoms with Gasteiger partial charge in [-0.15, -0.1) is 0 Å². The van der Waals surface area contributed by atoms with Gasteiger partial charge in [-0.25, -0.2) is 4.79 Å². The summed E-state index contributed by atoms with van der Waals surface area (Å²) in [5.74, 6) is -1.09. The van der Waals surface area contributed by atoms with E-state index in [1.54, 1.807) is 0 Å². The maximum absolute atomic E-state index is 12.5. The average molecular weight is 258 g/mol. The standard InChI is InChI=1S/C11H9F3N2O2/c1-15-10(17)16-7-3-2-4-8-6(7)5-9(18-8)11(12,13)14/h2-5H,1H3,(H2,15,16,17). The first kappa shape index (κ1) is 12.3. The Morgan fingerprint density at radius 1 is 1.33 bits per heavy atom. The van der Waals surface area contributed by atoms with Gasteiger partial charge in [0.25, 0.3) is 0 Å². The van der Waals surface area contributed by atoms with Gasteiger partial charge in [-0.1, -0.05) is 6.07 Å². The zero-order chi connectivity index (χ0) is 13.3. The second-order valence-electron chi connectivity index (χ2n) is 3.53. The summed E-state index contributed by atoms with van der Waals surface area (Å²) in [6, 6.07) is 4.74. The maximum Gasteiger partial charge on any atom is 0.449 e. The fraction of sp³-hybridized carbons (Fsp3) is 0.182. The van der Waals surface area contributed by atoms with Crippen LogP contribution in [-0.4, -0.2) is 13.1 Å². The van der Waals surface area contributed by atoms with Crippen LogP contribution in [0.1, 0.15) is 5.76 Å². The SMILES string of the molecule is CNC(=O)Nc1cccc2oc(C(F)(F)F)cc12. The fourth-order valence-corrected chi connectivity index (χ4v) is 1.49. The minimum Gasteiger partial charge on any atom is -0.451 e. The van der Waals surface area contributed by atoms with Crippen LogP contribution in [0.2, 0.25) is 0 Å². The van der Waals surface area contributed by atoms with E-state index < -0.39 is 18.0 Å². The Kier molecular flexibility index (Phi) is 2.90. The van der Waals surface area contributed by atoms with Gasteiger partial charge in [-0.2, -0.15) is 13.2 Å². The van der Waals surface area contributed by atoms with Gasteiger partial charge >= 0.3 is 12.2 Å². The molecule has 0 saturated heterocycles. The number of hydrogen-bond acceptors (Lipinski definition) is 2. The van der Waals surface area contributed by atoms with E-state index in [2.05, 4.69) is 10.6 Å². The van der Waals surface area contributed by atoms with Crippen LogP contribution in [0, 0.1) is 0 Å². The molecule has 0 unspecified atom stereocenters. The molecule has 2 aromatic rings. The lowest BCUT2D eigenvalue weighted by Gasteiger charge is -2.04. The number of carbonyl (C=O) groups excluding carboxylic acids is 1. The second kappa shape index (κ2) is 4.25. The van der Waals surface area contributed by atoms with Gasteiger partial charge in [0.1, 0.15) is 5.58 Å². The van der Waals surface area contributed by atoms with Crippen LogP contribution in [0.4, 0.5) is 23.7 Å². The summed E-state index contributed by atoms with van der Waals surface area (Å²) in [5, 5.41) is 4.94. The maximum atomic E-state index is 12.5. The van der Waals surface area contributed by atoms with Gasteiger partial charge < -0.3 is 15.1 Å². The first-order chi connectivity index (χ1) is 8.41. The zero-order valence-corrected chi connectivity index (χ0v) is 9.26. The van der Waals surface area contributed by atoms with Crippen molar-refractivity contribution in [2.45, 2.75) is 6.18 Å². The average Bonchev–Trinajstić information content (AvgIpc) is 2.73. The van der Waals surface area contributed by atoms with Crippen LogP contribution >= 0.6 is 0 Å². The molecular weight excluding hydrogens is 249 g/mol. The number of fused-ring (bicyclic) bond motifs is 1. The Morgan fingerprint density at radius 2 is 2.06 bits per heavy atom. The number of halogens is 3. The fourth-order valence-electron chi connectivity index (χ4n) is 1.49. The summed E-state index contributed by atoms with van der Waals surface area (Å²) in [6.45, 7) is 0. The molecule has 0 radical (unpaired) electrons. The third-order valence-electron chi connectivity index (χ3n) is 2.32. The van der Waals surface area contributed by atoms with Gasteiger partial charge in [0.2, 0.25) is 5.76 Å². The van der Waals surface area contributed by atoms with Crippen LogP contribution in [-0.2, 0) is 6.18 Å². The third kappa shape index (κ3) is 2.24. The number of rotatable bonds is 1. The Balaban J connectivity index is 2.49. The molecule has 0 bridgehead atoms. The highest BCUT2D eigenvalue weighted by atomic mass is 19.4. The van der Waals surface area contributed by atoms with Crippen molar-refractivity contribution in [2.24, 2.45) is 0 Å². The van der Waals surface area contributed by atoms with Crippen LogP contribution in [0.5, 0.6) is 0 Å². The van der Waals surface area contributed by atoms with Gasteiger partial charge in [-0.05, 0) is 18.2 Å². The number of alkyl halides is 3. The smallest absolute Gasteiger partial charge is 0.449 e. The summed E-state index contributed by atoms with van der Waals surface area (Å²) in [5.41, 5.74) is 0.322. The molecule has 0 aliphatic rings. The van der Waals surface area contributed by atoms with E-state index in [1.807, 2.05) is 0 Å². The van der Waals surface area contributed by atoms with Crippen LogP contribution in [0.25, 0.3) is 11.0 Å². The minimum absolute atomic E-state index is 0.0660. The van der Waals surface area contributed by atoms with Crippen molar-refractivity contribution in [3.63, 3.8) is 0 Å². The second-order valence-corrected chi connectivity index (χ2v) is 3.53. The molecule has 0 aliphatic carbocycles. The highest BCUT2D eigenvalue weighted by Crippen LogP contribution is 2.36. The van der Waals surface area contributed by atoms with E-state index in [0.717, 1.165) is 6.07 Å². The molecule has 2 amide bonds. The molecule has 2 N–H and O–H groups in total. The van der Waals surface area contributed by atoms with E-state index in [1.165, 1.54) is 25.2 Å². The lowest BCUT2D eigenvalue weighted by atomic mass is 10.2. The highest BCUT2D eigenvalue weighted by molar-refractivity contribution is 6.00. The number of urea groups is 1. The number of benzene rings is 1. The number of nitrogens with one attached hydrogen (secondary N) is 2. The summed E-state index contributed by atoms with van der Waals surface area (Å²) in [6.07, 6.45) is -4.55. The molecule has 1 aromatic carbocycles. The highest BCUT2D eigenvalue weighted by Gasteiger charge is 2.35. The molecule has 2 rings (SSSR count). The lowest BCUT2D eigenvalue weighted by molar-refractivity contribution is -0.152. The Bertz CT molecular complexity index is 589. The normalized spacial score (nSPS) is 11.6. The number of carbonyl (C=O) groups is 1. The molecule has 4 nitrogen and oxygen atoms in total. The lowest BCUT2D eigenvalue weighted by Crippen LogP contribution is -2.24. The third-order valence-corrected chi connectivity index (χ3v) is 2.32. The predicted molar refractivity (Wildman–Crippen MR) is 59.3 cm³/mol. The summed E-state index contributed by atoms with van der Waals surface area (Å²) in [7, 11) is 1.41. The molecule has 0 spiro atoms. The van der Waals surface area contributed by atoms with Crippen molar-refractivity contribution in [2.75, 3.05) is 12.4 Å². The minimum atomic E-state index is -4.55. The molecule has 0 saturated carbocycles.